The van der Waals surface area contributed by atoms with Crippen molar-refractivity contribution in [1.82, 2.24) is 0 Å². The third kappa shape index (κ3) is 5.66. The van der Waals surface area contributed by atoms with Gasteiger partial charge in [-0.05, 0) is 50.7 Å². The van der Waals surface area contributed by atoms with Crippen LogP contribution in [0.2, 0.25) is 12.1 Å². The zero-order valence-electron chi connectivity index (χ0n) is 13.9. The molecule has 0 aromatic heterocycles. The standard InChI is InChI=1S/C17H35NO2Si/c1-2-21(15-9-14-18,19-16-10-5-3-6-11-16)20-17-12-7-4-8-13-17/h16-17H,2-15,18H2,1H3. The van der Waals surface area contributed by atoms with E-state index in [2.05, 4.69) is 6.92 Å². The second kappa shape index (κ2) is 9.28. The zero-order chi connectivity index (χ0) is 15.0. The molecule has 0 amide bonds. The molecule has 2 aliphatic carbocycles. The van der Waals surface area contributed by atoms with E-state index in [1.54, 1.807) is 0 Å². The van der Waals surface area contributed by atoms with Gasteiger partial charge in [0.1, 0.15) is 0 Å². The van der Waals surface area contributed by atoms with E-state index < -0.39 is 8.56 Å². The minimum Gasteiger partial charge on any atom is -0.391 e. The van der Waals surface area contributed by atoms with Crippen LogP contribution in [0.3, 0.4) is 0 Å². The van der Waals surface area contributed by atoms with Crippen molar-refractivity contribution in [2.75, 3.05) is 6.54 Å². The summed E-state index contributed by atoms with van der Waals surface area (Å²) in [6.07, 6.45) is 15.0. The van der Waals surface area contributed by atoms with Crippen LogP contribution in [-0.2, 0) is 8.85 Å². The number of hydrogen-bond acceptors (Lipinski definition) is 3. The lowest BCUT2D eigenvalue weighted by Gasteiger charge is -2.39. The normalized spacial score (nSPS) is 22.6. The summed E-state index contributed by atoms with van der Waals surface area (Å²) in [5, 5.41) is 0. The molecule has 2 saturated carbocycles. The van der Waals surface area contributed by atoms with E-state index in [0.717, 1.165) is 25.1 Å². The zero-order valence-corrected chi connectivity index (χ0v) is 14.9. The van der Waals surface area contributed by atoms with E-state index in [-0.39, 0.29) is 0 Å². The van der Waals surface area contributed by atoms with Crippen LogP contribution in [0.4, 0.5) is 0 Å². The summed E-state index contributed by atoms with van der Waals surface area (Å²) in [4.78, 5) is 0. The molecule has 2 rings (SSSR count). The number of hydrogen-bond donors (Lipinski definition) is 1. The van der Waals surface area contributed by atoms with Crippen LogP contribution in [0.1, 0.15) is 77.6 Å². The van der Waals surface area contributed by atoms with E-state index in [9.17, 15) is 0 Å². The van der Waals surface area contributed by atoms with Crippen LogP contribution in [0.5, 0.6) is 0 Å². The van der Waals surface area contributed by atoms with Gasteiger partial charge in [0, 0.05) is 12.2 Å². The third-order valence-electron chi connectivity index (χ3n) is 5.17. The molecule has 3 nitrogen and oxygen atoms in total. The van der Waals surface area contributed by atoms with Crippen molar-refractivity contribution < 1.29 is 8.85 Å². The Morgan fingerprint density at radius 2 is 1.33 bits per heavy atom. The maximum Gasteiger partial charge on any atom is 0.338 e. The molecular weight excluding hydrogens is 278 g/mol. The van der Waals surface area contributed by atoms with Crippen molar-refractivity contribution in [2.45, 2.75) is 102 Å². The van der Waals surface area contributed by atoms with Gasteiger partial charge in [0.25, 0.3) is 0 Å². The van der Waals surface area contributed by atoms with Gasteiger partial charge in [0.15, 0.2) is 0 Å². The van der Waals surface area contributed by atoms with Crippen LogP contribution in [-0.4, -0.2) is 27.3 Å². The molecule has 0 radical (unpaired) electrons. The molecule has 0 heterocycles. The fraction of sp³-hybridized carbons (Fsp3) is 1.00. The highest BCUT2D eigenvalue weighted by Gasteiger charge is 2.40. The van der Waals surface area contributed by atoms with Crippen LogP contribution >= 0.6 is 0 Å². The molecule has 0 bridgehead atoms. The summed E-state index contributed by atoms with van der Waals surface area (Å²) in [5.41, 5.74) is 5.77. The number of nitrogens with two attached hydrogens (primary N) is 1. The lowest BCUT2D eigenvalue weighted by molar-refractivity contribution is 0.0465. The van der Waals surface area contributed by atoms with Crippen molar-refractivity contribution >= 4 is 8.56 Å². The summed E-state index contributed by atoms with van der Waals surface area (Å²) in [7, 11) is -2.05. The van der Waals surface area contributed by atoms with Gasteiger partial charge in [-0.2, -0.15) is 0 Å². The second-order valence-corrected chi connectivity index (χ2v) is 10.4. The highest BCUT2D eigenvalue weighted by Crippen LogP contribution is 2.32. The molecule has 2 fully saturated rings. The quantitative estimate of drug-likeness (QED) is 0.671. The Labute approximate surface area is 132 Å². The molecule has 0 aromatic rings. The summed E-state index contributed by atoms with van der Waals surface area (Å²) in [6, 6.07) is 2.17. The van der Waals surface area contributed by atoms with Gasteiger partial charge < -0.3 is 14.6 Å². The van der Waals surface area contributed by atoms with Crippen molar-refractivity contribution in [3.63, 3.8) is 0 Å². The van der Waals surface area contributed by atoms with Crippen LogP contribution in [0.25, 0.3) is 0 Å². The van der Waals surface area contributed by atoms with E-state index in [0.29, 0.717) is 12.2 Å². The fourth-order valence-corrected chi connectivity index (χ4v) is 7.24. The Bertz CT molecular complexity index is 256. The Balaban J connectivity index is 1.95. The van der Waals surface area contributed by atoms with E-state index in [1.165, 1.54) is 64.2 Å². The van der Waals surface area contributed by atoms with Crippen molar-refractivity contribution in [3.05, 3.63) is 0 Å². The highest BCUT2D eigenvalue weighted by molar-refractivity contribution is 6.67. The topological polar surface area (TPSA) is 44.5 Å². The van der Waals surface area contributed by atoms with E-state index >= 15 is 0 Å². The smallest absolute Gasteiger partial charge is 0.338 e. The van der Waals surface area contributed by atoms with E-state index in [1.807, 2.05) is 0 Å². The number of rotatable bonds is 8. The minimum atomic E-state index is -2.05. The maximum atomic E-state index is 6.69. The molecule has 124 valence electrons. The Hall–Kier alpha value is 0.0969. The first-order valence-corrected chi connectivity index (χ1v) is 11.6. The third-order valence-corrected chi connectivity index (χ3v) is 8.89. The van der Waals surface area contributed by atoms with Gasteiger partial charge in [-0.25, -0.2) is 0 Å². The monoisotopic (exact) mass is 313 g/mol. The van der Waals surface area contributed by atoms with Crippen LogP contribution < -0.4 is 5.73 Å². The summed E-state index contributed by atoms with van der Waals surface area (Å²) >= 11 is 0. The van der Waals surface area contributed by atoms with Crippen molar-refractivity contribution in [3.8, 4) is 0 Å². The molecule has 0 aromatic carbocycles. The molecule has 0 saturated heterocycles. The molecule has 4 heteroatoms. The van der Waals surface area contributed by atoms with Crippen LogP contribution in [0.15, 0.2) is 0 Å². The van der Waals surface area contributed by atoms with E-state index in [4.69, 9.17) is 14.6 Å². The van der Waals surface area contributed by atoms with Gasteiger partial charge >= 0.3 is 8.56 Å². The molecule has 0 aliphatic heterocycles. The van der Waals surface area contributed by atoms with Gasteiger partial charge in [-0.1, -0.05) is 45.4 Å². The first-order chi connectivity index (χ1) is 10.3. The van der Waals surface area contributed by atoms with Crippen molar-refractivity contribution in [2.24, 2.45) is 5.73 Å². The molecule has 21 heavy (non-hydrogen) atoms. The van der Waals surface area contributed by atoms with Gasteiger partial charge in [0.05, 0.1) is 0 Å². The predicted molar refractivity (Wildman–Crippen MR) is 90.6 cm³/mol. The molecule has 0 spiro atoms. The Kier molecular flexibility index (Phi) is 7.71. The average molecular weight is 314 g/mol. The minimum absolute atomic E-state index is 0.465. The Morgan fingerprint density at radius 3 is 1.71 bits per heavy atom. The molecule has 0 unspecified atom stereocenters. The first kappa shape index (κ1) is 17.5. The lowest BCUT2D eigenvalue weighted by Crippen LogP contribution is -2.48. The molecule has 2 N–H and O–H groups in total. The van der Waals surface area contributed by atoms with Gasteiger partial charge in [-0.3, -0.25) is 0 Å². The fourth-order valence-electron chi connectivity index (χ4n) is 3.83. The molecule has 0 atom stereocenters. The van der Waals surface area contributed by atoms with Crippen LogP contribution in [0, 0.1) is 0 Å². The summed E-state index contributed by atoms with van der Waals surface area (Å²) in [5.74, 6) is 0. The SMILES string of the molecule is CC[Si](CCCN)(OC1CCCCC1)OC1CCCCC1. The molecule has 2 aliphatic rings. The summed E-state index contributed by atoms with van der Waals surface area (Å²) < 4.78 is 13.4. The predicted octanol–water partition coefficient (Wildman–Crippen LogP) is 4.50. The Morgan fingerprint density at radius 1 is 0.857 bits per heavy atom. The highest BCUT2D eigenvalue weighted by atomic mass is 28.4. The maximum absolute atomic E-state index is 6.69. The largest absolute Gasteiger partial charge is 0.391 e. The van der Waals surface area contributed by atoms with Gasteiger partial charge in [0.2, 0.25) is 0 Å². The summed E-state index contributed by atoms with van der Waals surface area (Å²) in [6.45, 7) is 3.03. The second-order valence-electron chi connectivity index (χ2n) is 6.91. The van der Waals surface area contributed by atoms with Gasteiger partial charge in [-0.15, -0.1) is 0 Å². The average Bonchev–Trinajstić information content (AvgIpc) is 2.54. The first-order valence-electron chi connectivity index (χ1n) is 9.34. The molecular formula is C17H35NO2Si. The lowest BCUT2D eigenvalue weighted by atomic mass is 9.98. The van der Waals surface area contributed by atoms with Crippen molar-refractivity contribution in [1.29, 1.82) is 0 Å².